The Balaban J connectivity index is 1.67. The summed E-state index contributed by atoms with van der Waals surface area (Å²) in [7, 11) is 3.15. The highest BCUT2D eigenvalue weighted by molar-refractivity contribution is 5.99. The quantitative estimate of drug-likeness (QED) is 0.446. The standard InChI is InChI=1S/C26H20FNO5/c1-31-18-8-3-15(4-9-18)14-28-23(16-5-10-19(32-2)11-6-16)22-24(29)20-13-17(27)7-12-21(20)33-25(22)26(28)30/h3-13,23H,14H2,1-2H3. The summed E-state index contributed by atoms with van der Waals surface area (Å²) in [6, 6.07) is 17.5. The maximum atomic E-state index is 13.9. The number of methoxy groups -OCH3 is 2. The lowest BCUT2D eigenvalue weighted by molar-refractivity contribution is 0.0714. The van der Waals surface area contributed by atoms with Crippen molar-refractivity contribution in [3.8, 4) is 11.5 Å². The summed E-state index contributed by atoms with van der Waals surface area (Å²) in [4.78, 5) is 28.5. The van der Waals surface area contributed by atoms with E-state index in [1.165, 1.54) is 12.1 Å². The first kappa shape index (κ1) is 20.8. The molecule has 5 rings (SSSR count). The molecule has 0 bridgehead atoms. The third kappa shape index (κ3) is 3.51. The van der Waals surface area contributed by atoms with Gasteiger partial charge < -0.3 is 18.8 Å². The number of hydrogen-bond acceptors (Lipinski definition) is 5. The van der Waals surface area contributed by atoms with Crippen LogP contribution in [0.5, 0.6) is 11.5 Å². The van der Waals surface area contributed by atoms with Crippen LogP contribution in [0.1, 0.15) is 33.3 Å². The maximum Gasteiger partial charge on any atom is 0.291 e. The smallest absolute Gasteiger partial charge is 0.291 e. The van der Waals surface area contributed by atoms with Gasteiger partial charge in [0.1, 0.15) is 22.9 Å². The molecule has 1 unspecified atom stereocenters. The number of carbonyl (C=O) groups is 1. The molecule has 33 heavy (non-hydrogen) atoms. The predicted octanol–water partition coefficient (Wildman–Crippen LogP) is 4.69. The maximum absolute atomic E-state index is 13.9. The Hall–Kier alpha value is -4.13. The van der Waals surface area contributed by atoms with Gasteiger partial charge in [-0.2, -0.15) is 0 Å². The van der Waals surface area contributed by atoms with Crippen LogP contribution in [0.2, 0.25) is 0 Å². The fourth-order valence-corrected chi connectivity index (χ4v) is 4.22. The van der Waals surface area contributed by atoms with Crippen molar-refractivity contribution >= 4 is 16.9 Å². The molecule has 0 radical (unpaired) electrons. The fraction of sp³-hybridized carbons (Fsp3) is 0.154. The lowest BCUT2D eigenvalue weighted by Crippen LogP contribution is -2.29. The summed E-state index contributed by atoms with van der Waals surface area (Å²) >= 11 is 0. The highest BCUT2D eigenvalue weighted by Crippen LogP contribution is 2.39. The molecule has 0 fully saturated rings. The van der Waals surface area contributed by atoms with Gasteiger partial charge in [0.2, 0.25) is 5.76 Å². The first-order valence-electron chi connectivity index (χ1n) is 10.3. The predicted molar refractivity (Wildman–Crippen MR) is 120 cm³/mol. The molecule has 0 spiro atoms. The van der Waals surface area contributed by atoms with Crippen molar-refractivity contribution < 1.29 is 23.1 Å². The third-order valence-electron chi connectivity index (χ3n) is 5.87. The number of halogens is 1. The average molecular weight is 445 g/mol. The van der Waals surface area contributed by atoms with Gasteiger partial charge in [-0.05, 0) is 53.6 Å². The average Bonchev–Trinajstić information content (AvgIpc) is 3.12. The van der Waals surface area contributed by atoms with Crippen LogP contribution in [0.4, 0.5) is 4.39 Å². The van der Waals surface area contributed by atoms with Crippen molar-refractivity contribution in [3.63, 3.8) is 0 Å². The molecule has 7 heteroatoms. The molecule has 166 valence electrons. The Bertz CT molecular complexity index is 1410. The monoisotopic (exact) mass is 445 g/mol. The second kappa shape index (κ2) is 8.09. The SMILES string of the molecule is COc1ccc(CN2C(=O)c3oc4ccc(F)cc4c(=O)c3C2c2ccc(OC)cc2)cc1. The van der Waals surface area contributed by atoms with Crippen LogP contribution in [0.15, 0.2) is 75.9 Å². The number of carbonyl (C=O) groups excluding carboxylic acids is 1. The van der Waals surface area contributed by atoms with E-state index < -0.39 is 23.2 Å². The minimum Gasteiger partial charge on any atom is -0.497 e. The molecule has 1 aliphatic heterocycles. The second-order valence-corrected chi connectivity index (χ2v) is 7.77. The van der Waals surface area contributed by atoms with Gasteiger partial charge in [0.15, 0.2) is 5.43 Å². The number of rotatable bonds is 5. The van der Waals surface area contributed by atoms with Gasteiger partial charge in [-0.15, -0.1) is 0 Å². The Kier molecular flexibility index (Phi) is 5.09. The van der Waals surface area contributed by atoms with Gasteiger partial charge in [0.25, 0.3) is 5.91 Å². The number of ether oxygens (including phenoxy) is 2. The molecular weight excluding hydrogens is 425 g/mol. The van der Waals surface area contributed by atoms with Crippen LogP contribution in [0, 0.1) is 5.82 Å². The summed E-state index contributed by atoms with van der Waals surface area (Å²) in [5, 5.41) is 0.103. The minimum absolute atomic E-state index is 0.0200. The van der Waals surface area contributed by atoms with Crippen molar-refractivity contribution in [2.45, 2.75) is 12.6 Å². The number of hydrogen-bond donors (Lipinski definition) is 0. The zero-order valence-corrected chi connectivity index (χ0v) is 18.0. The van der Waals surface area contributed by atoms with Crippen LogP contribution >= 0.6 is 0 Å². The van der Waals surface area contributed by atoms with E-state index in [0.29, 0.717) is 11.5 Å². The molecular formula is C26H20FNO5. The highest BCUT2D eigenvalue weighted by atomic mass is 19.1. The normalized spacial score (nSPS) is 15.1. The van der Waals surface area contributed by atoms with E-state index in [2.05, 4.69) is 0 Å². The van der Waals surface area contributed by atoms with Gasteiger partial charge in [-0.1, -0.05) is 24.3 Å². The number of benzene rings is 3. The number of fused-ring (bicyclic) bond motifs is 2. The first-order chi connectivity index (χ1) is 16.0. The van der Waals surface area contributed by atoms with Crippen molar-refractivity contribution in [1.82, 2.24) is 4.90 Å². The summed E-state index contributed by atoms with van der Waals surface area (Å²) in [5.74, 6) is 0.387. The Morgan fingerprint density at radius 3 is 2.18 bits per heavy atom. The van der Waals surface area contributed by atoms with Gasteiger partial charge >= 0.3 is 0 Å². The van der Waals surface area contributed by atoms with Crippen LogP contribution < -0.4 is 14.9 Å². The zero-order chi connectivity index (χ0) is 23.1. The van der Waals surface area contributed by atoms with E-state index in [1.54, 1.807) is 31.3 Å². The van der Waals surface area contributed by atoms with Crippen molar-refractivity contribution in [1.29, 1.82) is 0 Å². The van der Waals surface area contributed by atoms with Gasteiger partial charge in [-0.3, -0.25) is 9.59 Å². The minimum atomic E-state index is -0.690. The number of nitrogens with zero attached hydrogens (tertiary/aromatic N) is 1. The molecule has 6 nitrogen and oxygen atoms in total. The summed E-state index contributed by atoms with van der Waals surface area (Å²) in [5.41, 5.74) is 1.54. The third-order valence-corrected chi connectivity index (χ3v) is 5.87. The molecule has 0 saturated carbocycles. The van der Waals surface area contributed by atoms with Crippen molar-refractivity contribution in [3.05, 3.63) is 105 Å². The van der Waals surface area contributed by atoms with Gasteiger partial charge in [0, 0.05) is 6.54 Å². The van der Waals surface area contributed by atoms with E-state index in [-0.39, 0.29) is 28.8 Å². The van der Waals surface area contributed by atoms with Crippen LogP contribution in [0.25, 0.3) is 11.0 Å². The molecule has 3 aromatic carbocycles. The lowest BCUT2D eigenvalue weighted by Gasteiger charge is -2.25. The van der Waals surface area contributed by atoms with Crippen LogP contribution in [0.3, 0.4) is 0 Å². The van der Waals surface area contributed by atoms with E-state index in [0.717, 1.165) is 17.2 Å². The van der Waals surface area contributed by atoms with E-state index in [9.17, 15) is 14.0 Å². The summed E-state index contributed by atoms with van der Waals surface area (Å²) in [6.07, 6.45) is 0. The summed E-state index contributed by atoms with van der Waals surface area (Å²) < 4.78 is 30.2. The Morgan fingerprint density at radius 2 is 1.55 bits per heavy atom. The fourth-order valence-electron chi connectivity index (χ4n) is 4.22. The van der Waals surface area contributed by atoms with E-state index in [4.69, 9.17) is 13.9 Å². The summed E-state index contributed by atoms with van der Waals surface area (Å²) in [6.45, 7) is 0.244. The largest absolute Gasteiger partial charge is 0.497 e. The molecule has 1 aliphatic rings. The second-order valence-electron chi connectivity index (χ2n) is 7.77. The molecule has 1 aromatic heterocycles. The Morgan fingerprint density at radius 1 is 0.909 bits per heavy atom. The molecule has 0 N–H and O–H groups in total. The van der Waals surface area contributed by atoms with E-state index in [1.807, 2.05) is 36.4 Å². The molecule has 1 atom stereocenters. The molecule has 1 amide bonds. The molecule has 0 saturated heterocycles. The zero-order valence-electron chi connectivity index (χ0n) is 18.0. The topological polar surface area (TPSA) is 69.0 Å². The number of amides is 1. The molecule has 0 aliphatic carbocycles. The molecule has 2 heterocycles. The Labute approximate surface area is 188 Å². The van der Waals surface area contributed by atoms with Crippen LogP contribution in [-0.4, -0.2) is 25.0 Å². The van der Waals surface area contributed by atoms with Gasteiger partial charge in [0.05, 0.1) is 31.2 Å². The van der Waals surface area contributed by atoms with Crippen LogP contribution in [-0.2, 0) is 6.54 Å². The molecule has 4 aromatic rings. The van der Waals surface area contributed by atoms with E-state index >= 15 is 0 Å². The van der Waals surface area contributed by atoms with Gasteiger partial charge in [-0.25, -0.2) is 4.39 Å². The van der Waals surface area contributed by atoms with Crippen molar-refractivity contribution in [2.24, 2.45) is 0 Å². The van der Waals surface area contributed by atoms with Crippen molar-refractivity contribution in [2.75, 3.05) is 14.2 Å². The highest BCUT2D eigenvalue weighted by Gasteiger charge is 2.42. The first-order valence-corrected chi connectivity index (χ1v) is 10.3. The lowest BCUT2D eigenvalue weighted by atomic mass is 9.98.